The number of phenols is 1. The summed E-state index contributed by atoms with van der Waals surface area (Å²) in [4.78, 5) is 51.1. The van der Waals surface area contributed by atoms with E-state index in [9.17, 15) is 24.6 Å². The molecular weight excluding hydrogens is 741 g/mol. The third-order valence-corrected chi connectivity index (χ3v) is 13.2. The van der Waals surface area contributed by atoms with Crippen LogP contribution in [0.4, 0.5) is 11.4 Å². The zero-order chi connectivity index (χ0) is 40.8. The number of hydrogen-bond donors (Lipinski definition) is 3. The molecule has 11 heteroatoms. The van der Waals surface area contributed by atoms with Crippen LogP contribution in [0.15, 0.2) is 79.0 Å². The standard InChI is InChI=1S/C48H54N6O5/c1-48(2,59)43-16-8-34(28-49-43)39-5-3-4-33-27-38(55)12-14-40(33)45(39)32-6-9-36(10-7-32)52-20-18-31(19-21-52)29-51-22-24-53(25-23-51)37-11-13-41-35(26-37)30-54(47(41)58)42-15-17-44(56)50-46(42)57/h6-14,16,26-28,31,42,55,59H,3-5,15,17-25,29-30H2,1-2H3,(H,50,56,57)/t42-/m0/s1. The summed E-state index contributed by atoms with van der Waals surface area (Å²) in [6.45, 7) is 10.9. The van der Waals surface area contributed by atoms with Gasteiger partial charge in [0.2, 0.25) is 11.8 Å². The van der Waals surface area contributed by atoms with Crippen molar-refractivity contribution in [3.63, 3.8) is 0 Å². The highest BCUT2D eigenvalue weighted by Crippen LogP contribution is 2.41. The van der Waals surface area contributed by atoms with E-state index in [1.54, 1.807) is 24.8 Å². The third-order valence-electron chi connectivity index (χ3n) is 13.2. The lowest BCUT2D eigenvalue weighted by Gasteiger charge is -2.40. The zero-order valence-electron chi connectivity index (χ0n) is 34.1. The van der Waals surface area contributed by atoms with E-state index in [-0.39, 0.29) is 24.1 Å². The fraction of sp³-hybridized carbons (Fsp3) is 0.417. The number of piperazine rings is 1. The summed E-state index contributed by atoms with van der Waals surface area (Å²) in [6.07, 6.45) is 7.59. The molecule has 0 bridgehead atoms. The average Bonchev–Trinajstić information content (AvgIpc) is 3.43. The van der Waals surface area contributed by atoms with Gasteiger partial charge in [0.05, 0.1) is 5.69 Å². The van der Waals surface area contributed by atoms with E-state index in [0.29, 0.717) is 35.9 Å². The molecule has 3 saturated heterocycles. The largest absolute Gasteiger partial charge is 0.508 e. The van der Waals surface area contributed by atoms with Gasteiger partial charge in [-0.2, -0.15) is 0 Å². The Balaban J connectivity index is 0.812. The first kappa shape index (κ1) is 39.0. The Bertz CT molecular complexity index is 2280. The lowest BCUT2D eigenvalue weighted by molar-refractivity contribution is -0.136. The quantitative estimate of drug-likeness (QED) is 0.181. The van der Waals surface area contributed by atoms with Crippen molar-refractivity contribution in [2.24, 2.45) is 5.92 Å². The molecule has 0 saturated carbocycles. The number of fused-ring (bicyclic) bond motifs is 2. The van der Waals surface area contributed by atoms with Crippen molar-refractivity contribution in [3.8, 4) is 5.75 Å². The molecule has 4 aromatic rings. The third kappa shape index (κ3) is 7.98. The number of rotatable bonds is 8. The Hall–Kier alpha value is -5.52. The van der Waals surface area contributed by atoms with Crippen molar-refractivity contribution in [1.82, 2.24) is 20.1 Å². The number of allylic oxidation sites excluding steroid dienone is 1. The van der Waals surface area contributed by atoms with Crippen LogP contribution in [0.25, 0.3) is 11.1 Å². The monoisotopic (exact) mass is 794 g/mol. The molecule has 11 nitrogen and oxygen atoms in total. The van der Waals surface area contributed by atoms with Crippen LogP contribution in [0.3, 0.4) is 0 Å². The number of aromatic hydroxyl groups is 1. The molecule has 1 aliphatic carbocycles. The van der Waals surface area contributed by atoms with E-state index in [0.717, 1.165) is 111 Å². The van der Waals surface area contributed by atoms with E-state index in [4.69, 9.17) is 0 Å². The predicted octanol–water partition coefficient (Wildman–Crippen LogP) is 6.11. The van der Waals surface area contributed by atoms with Gasteiger partial charge in [0.15, 0.2) is 0 Å². The van der Waals surface area contributed by atoms with E-state index in [2.05, 4.69) is 67.5 Å². The molecule has 1 atom stereocenters. The molecule has 0 radical (unpaired) electrons. The maximum atomic E-state index is 13.2. The topological polar surface area (TPSA) is 130 Å². The van der Waals surface area contributed by atoms with Gasteiger partial charge in [-0.05, 0) is 146 Å². The minimum absolute atomic E-state index is 0.131. The van der Waals surface area contributed by atoms with Gasteiger partial charge >= 0.3 is 0 Å². The Labute approximate surface area is 346 Å². The van der Waals surface area contributed by atoms with E-state index in [1.807, 2.05) is 30.5 Å². The summed E-state index contributed by atoms with van der Waals surface area (Å²) in [5, 5.41) is 23.3. The molecule has 3 fully saturated rings. The van der Waals surface area contributed by atoms with Gasteiger partial charge in [0.25, 0.3) is 5.91 Å². The molecule has 4 aliphatic heterocycles. The summed E-state index contributed by atoms with van der Waals surface area (Å²) < 4.78 is 0. The van der Waals surface area contributed by atoms with Crippen molar-refractivity contribution >= 4 is 40.2 Å². The molecule has 0 unspecified atom stereocenters. The van der Waals surface area contributed by atoms with Crippen LogP contribution >= 0.6 is 0 Å². The lowest BCUT2D eigenvalue weighted by atomic mass is 9.87. The SMILES string of the molecule is CC(C)(O)c1ccc(C2=C(c3ccc(N4CCC(CN5CCN(c6ccc7c(c6)CN([C@H]6CCC(=O)NC6=O)C7=O)CC5)CC4)cc3)c3ccc(O)cc3CCC2)cn1. The highest BCUT2D eigenvalue weighted by Gasteiger charge is 2.39. The normalized spacial score (nSPS) is 20.8. The maximum Gasteiger partial charge on any atom is 0.255 e. The molecule has 9 rings (SSSR count). The number of phenolic OH excluding ortho intramolecular Hbond substituents is 1. The number of amides is 3. The van der Waals surface area contributed by atoms with Gasteiger partial charge in [-0.3, -0.25) is 29.6 Å². The second-order valence-electron chi connectivity index (χ2n) is 17.5. The average molecular weight is 795 g/mol. The first-order valence-electron chi connectivity index (χ1n) is 21.3. The van der Waals surface area contributed by atoms with Crippen LogP contribution in [0.1, 0.15) is 96.2 Å². The molecular formula is C48H54N6O5. The molecule has 306 valence electrons. The van der Waals surface area contributed by atoms with Gasteiger partial charge in [-0.1, -0.05) is 24.3 Å². The highest BCUT2D eigenvalue weighted by molar-refractivity contribution is 6.05. The van der Waals surface area contributed by atoms with E-state index < -0.39 is 11.6 Å². The fourth-order valence-electron chi connectivity index (χ4n) is 9.85. The summed E-state index contributed by atoms with van der Waals surface area (Å²) in [5.41, 5.74) is 10.5. The van der Waals surface area contributed by atoms with Crippen LogP contribution in [0.5, 0.6) is 5.75 Å². The number of carbonyl (C=O) groups excluding carboxylic acids is 3. The predicted molar refractivity (Wildman–Crippen MR) is 229 cm³/mol. The van der Waals surface area contributed by atoms with Crippen molar-refractivity contribution in [3.05, 3.63) is 118 Å². The fourth-order valence-corrected chi connectivity index (χ4v) is 9.85. The van der Waals surface area contributed by atoms with Crippen LogP contribution in [-0.2, 0) is 28.2 Å². The number of hydrogen-bond acceptors (Lipinski definition) is 9. The second-order valence-corrected chi connectivity index (χ2v) is 17.5. The van der Waals surface area contributed by atoms with Crippen LogP contribution in [0.2, 0.25) is 0 Å². The Morgan fingerprint density at radius 2 is 1.46 bits per heavy atom. The number of pyridine rings is 1. The number of anilines is 2. The molecule has 1 aromatic heterocycles. The number of aliphatic hydroxyl groups is 1. The number of nitrogens with one attached hydrogen (secondary N) is 1. The first-order valence-corrected chi connectivity index (χ1v) is 21.3. The Morgan fingerprint density at radius 3 is 2.17 bits per heavy atom. The second kappa shape index (κ2) is 15.9. The van der Waals surface area contributed by atoms with Gasteiger partial charge in [0.1, 0.15) is 17.4 Å². The smallest absolute Gasteiger partial charge is 0.255 e. The molecule has 3 N–H and O–H groups in total. The first-order chi connectivity index (χ1) is 28.5. The Morgan fingerprint density at radius 1 is 0.746 bits per heavy atom. The summed E-state index contributed by atoms with van der Waals surface area (Å²) in [6, 6.07) is 24.3. The maximum absolute atomic E-state index is 13.2. The molecule has 3 amide bonds. The molecule has 5 heterocycles. The minimum Gasteiger partial charge on any atom is -0.508 e. The van der Waals surface area contributed by atoms with Crippen LogP contribution < -0.4 is 15.1 Å². The van der Waals surface area contributed by atoms with Crippen molar-refractivity contribution in [1.29, 1.82) is 0 Å². The molecule has 5 aliphatic rings. The lowest BCUT2D eigenvalue weighted by Crippen LogP contribution is -2.52. The van der Waals surface area contributed by atoms with Crippen LogP contribution in [0, 0.1) is 5.92 Å². The highest BCUT2D eigenvalue weighted by atomic mass is 16.3. The minimum atomic E-state index is -1.01. The van der Waals surface area contributed by atoms with Crippen molar-refractivity contribution < 1.29 is 24.6 Å². The molecule has 59 heavy (non-hydrogen) atoms. The van der Waals surface area contributed by atoms with Gasteiger partial charge in [-0.25, -0.2) is 0 Å². The summed E-state index contributed by atoms with van der Waals surface area (Å²) in [7, 11) is 0. The van der Waals surface area contributed by atoms with Gasteiger partial charge < -0.3 is 24.9 Å². The van der Waals surface area contributed by atoms with Gasteiger partial charge in [-0.15, -0.1) is 0 Å². The van der Waals surface area contributed by atoms with E-state index in [1.165, 1.54) is 16.8 Å². The number of imide groups is 1. The number of nitrogens with zero attached hydrogens (tertiary/aromatic N) is 5. The number of benzene rings is 3. The van der Waals surface area contributed by atoms with Crippen molar-refractivity contribution in [2.45, 2.75) is 77.0 Å². The van der Waals surface area contributed by atoms with Gasteiger partial charge in [0, 0.05) is 81.9 Å². The zero-order valence-corrected chi connectivity index (χ0v) is 34.1. The Kier molecular flexibility index (Phi) is 10.5. The van der Waals surface area contributed by atoms with Crippen molar-refractivity contribution in [2.75, 3.05) is 55.6 Å². The number of carbonyl (C=O) groups is 3. The molecule has 3 aromatic carbocycles. The van der Waals surface area contributed by atoms with Crippen LogP contribution in [-0.4, -0.2) is 94.6 Å². The summed E-state index contributed by atoms with van der Waals surface area (Å²) in [5.74, 6) is 0.168. The number of aryl methyl sites for hydroxylation is 1. The van der Waals surface area contributed by atoms with E-state index >= 15 is 0 Å². The molecule has 0 spiro atoms. The number of aromatic nitrogens is 1. The number of piperidine rings is 2. The summed E-state index contributed by atoms with van der Waals surface area (Å²) >= 11 is 0.